The third kappa shape index (κ3) is 3.13. The fourth-order valence-electron chi connectivity index (χ4n) is 3.10. The average molecular weight is 378 g/mol. The third-order valence-corrected chi connectivity index (χ3v) is 4.70. The molecule has 5 nitrogen and oxygen atoms in total. The molecule has 0 radical (unpaired) electrons. The molecule has 1 aromatic heterocycles. The molecular formula is C21H16ClN3O2. The van der Waals surface area contributed by atoms with Crippen molar-refractivity contribution in [3.8, 4) is 0 Å². The summed E-state index contributed by atoms with van der Waals surface area (Å²) in [5.74, 6) is -0.434. The zero-order chi connectivity index (χ0) is 19.0. The lowest BCUT2D eigenvalue weighted by Gasteiger charge is -2.34. The topological polar surface area (TPSA) is 56.7 Å². The van der Waals surface area contributed by atoms with Gasteiger partial charge in [-0.3, -0.25) is 9.78 Å². The lowest BCUT2D eigenvalue weighted by molar-refractivity contribution is -0.127. The van der Waals surface area contributed by atoms with Crippen molar-refractivity contribution in [2.45, 2.75) is 6.54 Å². The maximum absolute atomic E-state index is 12.9. The number of aliphatic hydroxyl groups is 1. The molecule has 6 heteroatoms. The van der Waals surface area contributed by atoms with Crippen molar-refractivity contribution in [3.63, 3.8) is 0 Å². The van der Waals surface area contributed by atoms with Gasteiger partial charge in [-0.1, -0.05) is 30.3 Å². The standard InChI is InChI=1S/C21H16ClN3O2/c1-14-18(16-5-7-23-8-6-16)13-24-9-10-25(21(27)19(24)20(14)26)12-15-3-2-4-17(22)11-15/h2-11,13,26H,1,12H2. The third-order valence-electron chi connectivity index (χ3n) is 4.47. The zero-order valence-electron chi connectivity index (χ0n) is 14.3. The number of amides is 1. The molecule has 0 bridgehead atoms. The number of aliphatic hydroxyl groups excluding tert-OH is 1. The van der Waals surface area contributed by atoms with Crippen LogP contribution in [0.25, 0.3) is 5.57 Å². The molecule has 2 aliphatic heterocycles. The summed E-state index contributed by atoms with van der Waals surface area (Å²) in [6.07, 6.45) is 8.56. The Morgan fingerprint density at radius 1 is 1.15 bits per heavy atom. The van der Waals surface area contributed by atoms with Crippen molar-refractivity contribution >= 4 is 23.1 Å². The van der Waals surface area contributed by atoms with Gasteiger partial charge >= 0.3 is 0 Å². The quantitative estimate of drug-likeness (QED) is 0.869. The van der Waals surface area contributed by atoms with Gasteiger partial charge in [0.1, 0.15) is 0 Å². The summed E-state index contributed by atoms with van der Waals surface area (Å²) in [5, 5.41) is 11.3. The highest BCUT2D eigenvalue weighted by Crippen LogP contribution is 2.36. The molecule has 4 rings (SSSR count). The second kappa shape index (κ2) is 6.78. The van der Waals surface area contributed by atoms with Crippen LogP contribution in [0.5, 0.6) is 0 Å². The summed E-state index contributed by atoms with van der Waals surface area (Å²) in [5.41, 5.74) is 3.08. The molecule has 2 aliphatic rings. The van der Waals surface area contributed by atoms with E-state index in [1.165, 1.54) is 4.90 Å². The number of pyridine rings is 1. The fourth-order valence-corrected chi connectivity index (χ4v) is 3.31. The number of hydrogen-bond donors (Lipinski definition) is 1. The predicted molar refractivity (Wildman–Crippen MR) is 104 cm³/mol. The van der Waals surface area contributed by atoms with E-state index < -0.39 is 0 Å². The van der Waals surface area contributed by atoms with Crippen LogP contribution in [0.2, 0.25) is 5.02 Å². The van der Waals surface area contributed by atoms with Gasteiger partial charge in [-0.2, -0.15) is 0 Å². The Balaban J connectivity index is 1.67. The lowest BCUT2D eigenvalue weighted by atomic mass is 9.95. The van der Waals surface area contributed by atoms with E-state index >= 15 is 0 Å². The number of halogens is 1. The maximum atomic E-state index is 12.9. The molecule has 27 heavy (non-hydrogen) atoms. The Morgan fingerprint density at radius 3 is 2.67 bits per heavy atom. The average Bonchev–Trinajstić information content (AvgIpc) is 2.67. The number of carbonyl (C=O) groups is 1. The number of hydrogen-bond acceptors (Lipinski definition) is 4. The number of benzene rings is 1. The van der Waals surface area contributed by atoms with Gasteiger partial charge in [0.2, 0.25) is 0 Å². The van der Waals surface area contributed by atoms with Gasteiger partial charge in [-0.25, -0.2) is 0 Å². The van der Waals surface area contributed by atoms with Crippen molar-refractivity contribution in [2.75, 3.05) is 0 Å². The van der Waals surface area contributed by atoms with Gasteiger partial charge in [0.05, 0.1) is 6.54 Å². The van der Waals surface area contributed by atoms with Gasteiger partial charge in [0.25, 0.3) is 5.91 Å². The van der Waals surface area contributed by atoms with Crippen LogP contribution in [0.1, 0.15) is 11.1 Å². The van der Waals surface area contributed by atoms with E-state index in [1.54, 1.807) is 42.0 Å². The second-order valence-corrected chi connectivity index (χ2v) is 6.66. The fraction of sp³-hybridized carbons (Fsp3) is 0.0476. The van der Waals surface area contributed by atoms with Crippen LogP contribution >= 0.6 is 11.6 Å². The van der Waals surface area contributed by atoms with Crippen LogP contribution < -0.4 is 0 Å². The molecule has 1 aromatic carbocycles. The molecule has 2 aromatic rings. The van der Waals surface area contributed by atoms with Crippen molar-refractivity contribution in [1.29, 1.82) is 0 Å². The van der Waals surface area contributed by atoms with E-state index in [9.17, 15) is 9.90 Å². The van der Waals surface area contributed by atoms with Crippen LogP contribution in [0.3, 0.4) is 0 Å². The van der Waals surface area contributed by atoms with Gasteiger partial charge in [0.15, 0.2) is 11.5 Å². The minimum absolute atomic E-state index is 0.130. The number of fused-ring (bicyclic) bond motifs is 1. The van der Waals surface area contributed by atoms with Crippen molar-refractivity contribution < 1.29 is 9.90 Å². The molecule has 134 valence electrons. The van der Waals surface area contributed by atoms with Crippen molar-refractivity contribution in [1.82, 2.24) is 14.8 Å². The smallest absolute Gasteiger partial charge is 0.279 e. The molecule has 3 heterocycles. The van der Waals surface area contributed by atoms with Crippen LogP contribution in [0.4, 0.5) is 0 Å². The molecule has 1 amide bonds. The summed E-state index contributed by atoms with van der Waals surface area (Å²) >= 11 is 6.02. The maximum Gasteiger partial charge on any atom is 0.279 e. The van der Waals surface area contributed by atoms with E-state index in [1.807, 2.05) is 30.3 Å². The Kier molecular flexibility index (Phi) is 4.30. The number of carbonyl (C=O) groups excluding carboxylic acids is 1. The Morgan fingerprint density at radius 2 is 1.93 bits per heavy atom. The van der Waals surface area contributed by atoms with Crippen molar-refractivity contribution in [2.24, 2.45) is 0 Å². The molecule has 1 N–H and O–H groups in total. The highest BCUT2D eigenvalue weighted by atomic mass is 35.5. The summed E-state index contributed by atoms with van der Waals surface area (Å²) in [6, 6.07) is 11.0. The van der Waals surface area contributed by atoms with Crippen LogP contribution in [-0.2, 0) is 11.3 Å². The van der Waals surface area contributed by atoms with Gasteiger partial charge in [-0.15, -0.1) is 0 Å². The largest absolute Gasteiger partial charge is 0.505 e. The van der Waals surface area contributed by atoms with E-state index in [0.29, 0.717) is 17.1 Å². The second-order valence-electron chi connectivity index (χ2n) is 6.22. The van der Waals surface area contributed by atoms with E-state index in [2.05, 4.69) is 11.6 Å². The molecule has 0 saturated carbocycles. The number of nitrogens with zero attached hydrogens (tertiary/aromatic N) is 3. The van der Waals surface area contributed by atoms with E-state index in [4.69, 9.17) is 11.6 Å². The number of aromatic nitrogens is 1. The summed E-state index contributed by atoms with van der Waals surface area (Å²) < 4.78 is 0. The van der Waals surface area contributed by atoms with Gasteiger partial charge in [0, 0.05) is 47.2 Å². The van der Waals surface area contributed by atoms with E-state index in [-0.39, 0.29) is 17.4 Å². The number of allylic oxidation sites excluding steroid dienone is 1. The monoisotopic (exact) mass is 377 g/mol. The number of rotatable bonds is 3. The Hall–Kier alpha value is -3.31. The first-order valence-electron chi connectivity index (χ1n) is 8.32. The van der Waals surface area contributed by atoms with Crippen LogP contribution in [0.15, 0.2) is 91.0 Å². The first kappa shape index (κ1) is 17.1. The first-order chi connectivity index (χ1) is 13.0. The predicted octanol–water partition coefficient (Wildman–Crippen LogP) is 4.23. The minimum Gasteiger partial charge on any atom is -0.505 e. The minimum atomic E-state index is -0.304. The first-order valence-corrected chi connectivity index (χ1v) is 8.69. The summed E-state index contributed by atoms with van der Waals surface area (Å²) in [4.78, 5) is 20.1. The summed E-state index contributed by atoms with van der Waals surface area (Å²) in [6.45, 7) is 4.32. The Labute approximate surface area is 161 Å². The van der Waals surface area contributed by atoms with Gasteiger partial charge in [-0.05, 0) is 35.4 Å². The van der Waals surface area contributed by atoms with Crippen molar-refractivity contribution in [3.05, 3.63) is 107 Å². The molecule has 0 unspecified atom stereocenters. The SMILES string of the molecule is C=C1C(c2ccncc2)=CN2C=CN(Cc3cccc(Cl)c3)C(=O)C2=C1O. The van der Waals surface area contributed by atoms with Crippen LogP contribution in [-0.4, -0.2) is 25.8 Å². The molecule has 0 atom stereocenters. The highest BCUT2D eigenvalue weighted by molar-refractivity contribution is 6.30. The lowest BCUT2D eigenvalue weighted by Crippen LogP contribution is -2.38. The molecule has 0 fully saturated rings. The molecule has 0 aliphatic carbocycles. The zero-order valence-corrected chi connectivity index (χ0v) is 15.1. The van der Waals surface area contributed by atoms with E-state index in [0.717, 1.165) is 16.7 Å². The van der Waals surface area contributed by atoms with Gasteiger partial charge < -0.3 is 14.9 Å². The molecule has 0 saturated heterocycles. The molecular weight excluding hydrogens is 362 g/mol. The highest BCUT2D eigenvalue weighted by Gasteiger charge is 2.33. The normalized spacial score (nSPS) is 16.6. The Bertz CT molecular complexity index is 1020. The van der Waals surface area contributed by atoms with Crippen LogP contribution in [0, 0.1) is 0 Å². The summed E-state index contributed by atoms with van der Waals surface area (Å²) in [7, 11) is 0. The molecule has 0 spiro atoms.